The van der Waals surface area contributed by atoms with Crippen molar-refractivity contribution in [3.63, 3.8) is 0 Å². The predicted octanol–water partition coefficient (Wildman–Crippen LogP) is 2.24. The number of carbonyl (C=O) groups is 1. The van der Waals surface area contributed by atoms with Crippen LogP contribution < -0.4 is 5.32 Å². The van der Waals surface area contributed by atoms with Gasteiger partial charge < -0.3 is 19.5 Å². The molecule has 6 nitrogen and oxygen atoms in total. The van der Waals surface area contributed by atoms with Gasteiger partial charge in [0.1, 0.15) is 0 Å². The fourth-order valence-corrected chi connectivity index (χ4v) is 3.71. The number of carbonyl (C=O) groups excluding carboxylic acids is 1. The zero-order valence-corrected chi connectivity index (χ0v) is 15.7. The van der Waals surface area contributed by atoms with E-state index in [1.807, 2.05) is 11.9 Å². The number of hydrogen-bond donors (Lipinski definition) is 1. The Morgan fingerprint density at radius 2 is 1.85 bits per heavy atom. The van der Waals surface area contributed by atoms with Gasteiger partial charge in [0.05, 0.1) is 6.26 Å². The molecule has 2 aliphatic rings. The molecule has 4 rings (SSSR count). The molecule has 0 spiro atoms. The van der Waals surface area contributed by atoms with Crippen LogP contribution in [-0.2, 0) is 6.42 Å². The van der Waals surface area contributed by atoms with E-state index in [9.17, 15) is 4.79 Å². The molecule has 1 saturated heterocycles. The van der Waals surface area contributed by atoms with E-state index in [-0.39, 0.29) is 5.91 Å². The maximum absolute atomic E-state index is 12.4. The Bertz CT molecular complexity index is 780. The van der Waals surface area contributed by atoms with Gasteiger partial charge in [-0.1, -0.05) is 30.3 Å². The van der Waals surface area contributed by atoms with Crippen molar-refractivity contribution in [1.82, 2.24) is 15.1 Å². The molecule has 6 heteroatoms. The van der Waals surface area contributed by atoms with Crippen molar-refractivity contribution >= 4 is 11.9 Å². The number of benzene rings is 1. The van der Waals surface area contributed by atoms with E-state index in [2.05, 4.69) is 45.5 Å². The molecule has 0 radical (unpaired) electrons. The maximum atomic E-state index is 12.4. The molecule has 1 saturated carbocycles. The summed E-state index contributed by atoms with van der Waals surface area (Å²) in [4.78, 5) is 20.9. The fraction of sp³-hybridized carbons (Fsp3) is 0.429. The SMILES string of the molecule is CN=C(NC1CC1Cc1ccccc1)N1CCN(C(=O)c2ccco2)CC1. The summed E-state index contributed by atoms with van der Waals surface area (Å²) in [5, 5.41) is 3.61. The summed E-state index contributed by atoms with van der Waals surface area (Å²) in [5.41, 5.74) is 1.40. The zero-order chi connectivity index (χ0) is 18.6. The van der Waals surface area contributed by atoms with Crippen molar-refractivity contribution in [2.24, 2.45) is 10.9 Å². The van der Waals surface area contributed by atoms with Crippen molar-refractivity contribution in [3.05, 3.63) is 60.1 Å². The molecule has 1 aliphatic carbocycles. The third-order valence-corrected chi connectivity index (χ3v) is 5.39. The van der Waals surface area contributed by atoms with Crippen LogP contribution in [0.15, 0.2) is 58.1 Å². The van der Waals surface area contributed by atoms with E-state index in [4.69, 9.17) is 4.42 Å². The molecule has 1 N–H and O–H groups in total. The molecule has 27 heavy (non-hydrogen) atoms. The first-order valence-electron chi connectivity index (χ1n) is 9.59. The molecule has 0 bridgehead atoms. The van der Waals surface area contributed by atoms with E-state index in [1.165, 1.54) is 18.2 Å². The van der Waals surface area contributed by atoms with Crippen LogP contribution in [0.2, 0.25) is 0 Å². The molecular weight excluding hydrogens is 340 g/mol. The Balaban J connectivity index is 1.26. The summed E-state index contributed by atoms with van der Waals surface area (Å²) in [7, 11) is 1.83. The van der Waals surface area contributed by atoms with E-state index < -0.39 is 0 Å². The second kappa shape index (κ2) is 7.86. The molecule has 1 amide bonds. The lowest BCUT2D eigenvalue weighted by atomic mass is 10.1. The van der Waals surface area contributed by atoms with Crippen LogP contribution >= 0.6 is 0 Å². The zero-order valence-electron chi connectivity index (χ0n) is 15.7. The van der Waals surface area contributed by atoms with Gasteiger partial charge in [0.15, 0.2) is 11.7 Å². The number of amides is 1. The maximum Gasteiger partial charge on any atom is 0.289 e. The minimum atomic E-state index is -0.0345. The van der Waals surface area contributed by atoms with Gasteiger partial charge in [-0.25, -0.2) is 0 Å². The first kappa shape index (κ1) is 17.6. The number of hydrogen-bond acceptors (Lipinski definition) is 3. The lowest BCUT2D eigenvalue weighted by Crippen LogP contribution is -2.54. The number of aliphatic imine (C=N–C) groups is 1. The summed E-state index contributed by atoms with van der Waals surface area (Å²) in [6.07, 6.45) is 3.84. The van der Waals surface area contributed by atoms with Gasteiger partial charge in [0, 0.05) is 39.3 Å². The highest BCUT2D eigenvalue weighted by atomic mass is 16.3. The number of nitrogens with zero attached hydrogens (tertiary/aromatic N) is 3. The highest BCUT2D eigenvalue weighted by molar-refractivity contribution is 5.91. The highest BCUT2D eigenvalue weighted by Crippen LogP contribution is 2.33. The molecule has 142 valence electrons. The van der Waals surface area contributed by atoms with E-state index >= 15 is 0 Å². The number of piperazine rings is 1. The minimum Gasteiger partial charge on any atom is -0.459 e. The van der Waals surface area contributed by atoms with Crippen molar-refractivity contribution in [3.8, 4) is 0 Å². The second-order valence-electron chi connectivity index (χ2n) is 7.24. The summed E-state index contributed by atoms with van der Waals surface area (Å²) >= 11 is 0. The van der Waals surface area contributed by atoms with Crippen LogP contribution in [-0.4, -0.2) is 60.9 Å². The Hall–Kier alpha value is -2.76. The van der Waals surface area contributed by atoms with Gasteiger partial charge in [0.2, 0.25) is 0 Å². The number of furan rings is 1. The molecule has 2 heterocycles. The van der Waals surface area contributed by atoms with Crippen molar-refractivity contribution < 1.29 is 9.21 Å². The Morgan fingerprint density at radius 1 is 1.11 bits per heavy atom. The molecule has 2 unspecified atom stereocenters. The van der Waals surface area contributed by atoms with E-state index in [0.29, 0.717) is 30.8 Å². The van der Waals surface area contributed by atoms with Crippen molar-refractivity contribution in [2.45, 2.75) is 18.9 Å². The Labute approximate surface area is 159 Å². The lowest BCUT2D eigenvalue weighted by molar-refractivity contribution is 0.0657. The van der Waals surface area contributed by atoms with Crippen LogP contribution in [0.1, 0.15) is 22.5 Å². The first-order valence-corrected chi connectivity index (χ1v) is 9.59. The van der Waals surface area contributed by atoms with Crippen LogP contribution in [0.25, 0.3) is 0 Å². The molecule has 2 fully saturated rings. The van der Waals surface area contributed by atoms with Gasteiger partial charge in [-0.2, -0.15) is 0 Å². The minimum absolute atomic E-state index is 0.0345. The molecule has 1 aromatic heterocycles. The van der Waals surface area contributed by atoms with E-state index in [1.54, 1.807) is 12.1 Å². The third-order valence-electron chi connectivity index (χ3n) is 5.39. The van der Waals surface area contributed by atoms with Crippen LogP contribution in [0, 0.1) is 5.92 Å². The van der Waals surface area contributed by atoms with Crippen molar-refractivity contribution in [2.75, 3.05) is 33.2 Å². The van der Waals surface area contributed by atoms with E-state index in [0.717, 1.165) is 25.5 Å². The molecule has 2 aromatic rings. The van der Waals surface area contributed by atoms with Crippen molar-refractivity contribution in [1.29, 1.82) is 0 Å². The average molecular weight is 366 g/mol. The monoisotopic (exact) mass is 366 g/mol. The largest absolute Gasteiger partial charge is 0.459 e. The highest BCUT2D eigenvalue weighted by Gasteiger charge is 2.38. The molecule has 1 aromatic carbocycles. The topological polar surface area (TPSA) is 61.1 Å². The quantitative estimate of drug-likeness (QED) is 0.666. The number of nitrogens with one attached hydrogen (secondary N) is 1. The smallest absolute Gasteiger partial charge is 0.289 e. The van der Waals surface area contributed by atoms with Gasteiger partial charge in [0.25, 0.3) is 5.91 Å². The van der Waals surface area contributed by atoms with Gasteiger partial charge in [-0.05, 0) is 36.5 Å². The Morgan fingerprint density at radius 3 is 2.52 bits per heavy atom. The number of rotatable bonds is 4. The van der Waals surface area contributed by atoms with Crippen LogP contribution in [0.5, 0.6) is 0 Å². The van der Waals surface area contributed by atoms with Crippen LogP contribution in [0.3, 0.4) is 0 Å². The van der Waals surface area contributed by atoms with Gasteiger partial charge >= 0.3 is 0 Å². The summed E-state index contributed by atoms with van der Waals surface area (Å²) < 4.78 is 5.22. The average Bonchev–Trinajstić information content (AvgIpc) is 3.20. The standard InChI is InChI=1S/C21H26N4O2/c1-22-21(23-18-15-17(18)14-16-6-3-2-4-7-16)25-11-9-24(10-12-25)20(26)19-8-5-13-27-19/h2-8,13,17-18H,9-12,14-15H2,1H3,(H,22,23). The van der Waals surface area contributed by atoms with Gasteiger partial charge in [-0.3, -0.25) is 9.79 Å². The fourth-order valence-electron chi connectivity index (χ4n) is 3.71. The summed E-state index contributed by atoms with van der Waals surface area (Å²) in [5.74, 6) is 1.99. The lowest BCUT2D eigenvalue weighted by Gasteiger charge is -2.36. The predicted molar refractivity (Wildman–Crippen MR) is 105 cm³/mol. The molecule has 1 aliphatic heterocycles. The second-order valence-corrected chi connectivity index (χ2v) is 7.24. The normalized spacial score (nSPS) is 22.6. The summed E-state index contributed by atoms with van der Waals surface area (Å²) in [6, 6.07) is 14.6. The molecule has 2 atom stereocenters. The van der Waals surface area contributed by atoms with Gasteiger partial charge in [-0.15, -0.1) is 0 Å². The number of guanidine groups is 1. The Kier molecular flexibility index (Phi) is 5.14. The molecular formula is C21H26N4O2. The van der Waals surface area contributed by atoms with Crippen LogP contribution in [0.4, 0.5) is 0 Å². The third kappa shape index (κ3) is 4.15. The first-order chi connectivity index (χ1) is 13.2. The summed E-state index contributed by atoms with van der Waals surface area (Å²) in [6.45, 7) is 2.92.